The number of aryl methyl sites for hydroxylation is 1. The molecular formula is C19H23N3. The van der Waals surface area contributed by atoms with Crippen LogP contribution in [-0.2, 0) is 6.42 Å². The number of benzene rings is 1. The van der Waals surface area contributed by atoms with Crippen molar-refractivity contribution in [3.63, 3.8) is 0 Å². The second-order valence-electron chi connectivity index (χ2n) is 6.61. The molecule has 0 amide bonds. The van der Waals surface area contributed by atoms with E-state index in [1.54, 1.807) is 0 Å². The van der Waals surface area contributed by atoms with Crippen LogP contribution in [0, 0.1) is 11.8 Å². The molecule has 0 spiro atoms. The van der Waals surface area contributed by atoms with Gasteiger partial charge in [-0.3, -0.25) is 0 Å². The highest BCUT2D eigenvalue weighted by Crippen LogP contribution is 2.44. The zero-order valence-electron chi connectivity index (χ0n) is 13.4. The van der Waals surface area contributed by atoms with Gasteiger partial charge < -0.3 is 4.57 Å². The summed E-state index contributed by atoms with van der Waals surface area (Å²) >= 11 is 0. The highest BCUT2D eigenvalue weighted by Gasteiger charge is 2.35. The van der Waals surface area contributed by atoms with Crippen LogP contribution in [0.3, 0.4) is 0 Å². The van der Waals surface area contributed by atoms with Crippen molar-refractivity contribution in [2.45, 2.75) is 45.6 Å². The molecule has 3 heterocycles. The minimum absolute atomic E-state index is 0.532. The summed E-state index contributed by atoms with van der Waals surface area (Å²) in [5, 5.41) is 0. The van der Waals surface area contributed by atoms with E-state index >= 15 is 0 Å². The van der Waals surface area contributed by atoms with Gasteiger partial charge in [0.15, 0.2) is 5.82 Å². The van der Waals surface area contributed by atoms with E-state index in [2.05, 4.69) is 55.0 Å². The maximum Gasteiger partial charge on any atom is 0.160 e. The summed E-state index contributed by atoms with van der Waals surface area (Å²) in [6.45, 7) is 4.62. The first kappa shape index (κ1) is 13.7. The van der Waals surface area contributed by atoms with Crippen molar-refractivity contribution in [1.82, 2.24) is 9.55 Å². The van der Waals surface area contributed by atoms with Gasteiger partial charge in [-0.1, -0.05) is 50.6 Å². The van der Waals surface area contributed by atoms with Crippen LogP contribution in [0.1, 0.15) is 45.0 Å². The molecule has 2 aromatic rings. The third-order valence-electron chi connectivity index (χ3n) is 5.31. The molecule has 0 saturated carbocycles. The highest BCUT2D eigenvalue weighted by atomic mass is 15.2. The lowest BCUT2D eigenvalue weighted by molar-refractivity contribution is 0.244. The molecular weight excluding hydrogens is 270 g/mol. The van der Waals surface area contributed by atoms with Crippen LogP contribution in [0.5, 0.6) is 0 Å². The summed E-state index contributed by atoms with van der Waals surface area (Å²) in [4.78, 5) is 9.84. The number of hydrogen-bond acceptors (Lipinski definition) is 2. The van der Waals surface area contributed by atoms with Crippen molar-refractivity contribution >= 4 is 12.0 Å². The van der Waals surface area contributed by atoms with Crippen molar-refractivity contribution in [1.29, 1.82) is 0 Å². The second-order valence-corrected chi connectivity index (χ2v) is 6.61. The largest absolute Gasteiger partial charge is 0.309 e. The third kappa shape index (κ3) is 2.03. The van der Waals surface area contributed by atoms with Crippen LogP contribution in [0.2, 0.25) is 0 Å². The molecule has 0 radical (unpaired) electrons. The topological polar surface area (TPSA) is 30.2 Å². The Labute approximate surface area is 132 Å². The molecule has 0 N–H and O–H groups in total. The number of nitrogens with zero attached hydrogens (tertiary/aromatic N) is 3. The Morgan fingerprint density at radius 2 is 2.05 bits per heavy atom. The lowest BCUT2D eigenvalue weighted by Gasteiger charge is -2.33. The average molecular weight is 293 g/mol. The molecule has 0 saturated heterocycles. The first-order valence-electron chi connectivity index (χ1n) is 8.50. The van der Waals surface area contributed by atoms with Gasteiger partial charge in [0.1, 0.15) is 11.5 Å². The van der Waals surface area contributed by atoms with E-state index in [1.165, 1.54) is 30.7 Å². The minimum Gasteiger partial charge on any atom is -0.309 e. The Morgan fingerprint density at radius 1 is 1.23 bits per heavy atom. The Hall–Kier alpha value is -1.90. The normalized spacial score (nSPS) is 26.5. The summed E-state index contributed by atoms with van der Waals surface area (Å²) < 4.78 is 2.46. The SMILES string of the molecule is CC[C@H]1[C@H](C)C=Nc2c(-c3ccccc3)nc3n2[C@H]1CCC3. The van der Waals surface area contributed by atoms with Crippen LogP contribution in [0.25, 0.3) is 11.3 Å². The van der Waals surface area contributed by atoms with E-state index < -0.39 is 0 Å². The van der Waals surface area contributed by atoms with E-state index in [0.29, 0.717) is 17.9 Å². The van der Waals surface area contributed by atoms with Crippen molar-refractivity contribution < 1.29 is 0 Å². The number of aromatic nitrogens is 2. The smallest absolute Gasteiger partial charge is 0.160 e. The number of rotatable bonds is 2. The number of aliphatic imine (C=N–C) groups is 1. The van der Waals surface area contributed by atoms with Crippen molar-refractivity contribution in [3.8, 4) is 11.3 Å². The van der Waals surface area contributed by atoms with Gasteiger partial charge in [0, 0.05) is 24.2 Å². The predicted octanol–water partition coefficient (Wildman–Crippen LogP) is 4.81. The quantitative estimate of drug-likeness (QED) is 0.781. The van der Waals surface area contributed by atoms with Gasteiger partial charge in [0.2, 0.25) is 0 Å². The average Bonchev–Trinajstić information content (AvgIpc) is 2.86. The van der Waals surface area contributed by atoms with Gasteiger partial charge in [-0.25, -0.2) is 9.98 Å². The van der Waals surface area contributed by atoms with E-state index in [-0.39, 0.29) is 0 Å². The maximum absolute atomic E-state index is 4.97. The summed E-state index contributed by atoms with van der Waals surface area (Å²) in [5.74, 6) is 3.51. The molecule has 3 nitrogen and oxygen atoms in total. The first-order valence-corrected chi connectivity index (χ1v) is 8.50. The van der Waals surface area contributed by atoms with Crippen LogP contribution in [-0.4, -0.2) is 15.8 Å². The Morgan fingerprint density at radius 3 is 2.82 bits per heavy atom. The first-order chi connectivity index (χ1) is 10.8. The Kier molecular flexibility index (Phi) is 3.36. The molecule has 1 aromatic heterocycles. The lowest BCUT2D eigenvalue weighted by Crippen LogP contribution is -2.27. The van der Waals surface area contributed by atoms with E-state index in [1.807, 2.05) is 0 Å². The fourth-order valence-corrected chi connectivity index (χ4v) is 4.20. The third-order valence-corrected chi connectivity index (χ3v) is 5.31. The van der Waals surface area contributed by atoms with Crippen molar-refractivity contribution in [2.24, 2.45) is 16.8 Å². The molecule has 22 heavy (non-hydrogen) atoms. The van der Waals surface area contributed by atoms with Crippen molar-refractivity contribution in [2.75, 3.05) is 0 Å². The molecule has 0 fully saturated rings. The highest BCUT2D eigenvalue weighted by molar-refractivity contribution is 5.76. The Balaban J connectivity index is 1.92. The molecule has 0 bridgehead atoms. The monoisotopic (exact) mass is 293 g/mol. The zero-order valence-corrected chi connectivity index (χ0v) is 13.4. The lowest BCUT2D eigenvalue weighted by atomic mass is 9.82. The minimum atomic E-state index is 0.532. The van der Waals surface area contributed by atoms with Gasteiger partial charge in [-0.2, -0.15) is 0 Å². The van der Waals surface area contributed by atoms with Crippen molar-refractivity contribution in [3.05, 3.63) is 36.2 Å². The standard InChI is InChI=1S/C19H23N3/c1-3-15-13(2)12-20-19-18(14-8-5-4-6-9-14)21-17-11-7-10-16(15)22(17)19/h4-6,8-9,12-13,15-16H,3,7,10-11H2,1-2H3/t13-,15+,16+/m1/s1. The zero-order chi connectivity index (χ0) is 15.1. The molecule has 3 heteroatoms. The van der Waals surface area contributed by atoms with Crippen LogP contribution >= 0.6 is 0 Å². The number of imidazole rings is 1. The molecule has 2 aliphatic heterocycles. The summed E-state index contributed by atoms with van der Waals surface area (Å²) in [6, 6.07) is 11.1. The van der Waals surface area contributed by atoms with Gasteiger partial charge in [-0.15, -0.1) is 0 Å². The van der Waals surface area contributed by atoms with Gasteiger partial charge >= 0.3 is 0 Å². The van der Waals surface area contributed by atoms with E-state index in [4.69, 9.17) is 9.98 Å². The van der Waals surface area contributed by atoms with Crippen LogP contribution < -0.4 is 0 Å². The van der Waals surface area contributed by atoms with Crippen LogP contribution in [0.15, 0.2) is 35.3 Å². The van der Waals surface area contributed by atoms with Gasteiger partial charge in [-0.05, 0) is 24.7 Å². The molecule has 0 aliphatic carbocycles. The fourth-order valence-electron chi connectivity index (χ4n) is 4.20. The molecule has 4 rings (SSSR count). The summed E-state index contributed by atoms with van der Waals surface area (Å²) in [5.41, 5.74) is 2.24. The fraction of sp³-hybridized carbons (Fsp3) is 0.474. The second kappa shape index (κ2) is 5.38. The van der Waals surface area contributed by atoms with Gasteiger partial charge in [0.25, 0.3) is 0 Å². The Bertz CT molecular complexity index is 699. The predicted molar refractivity (Wildman–Crippen MR) is 90.7 cm³/mol. The number of hydrogen-bond donors (Lipinski definition) is 0. The molecule has 2 aliphatic rings. The summed E-state index contributed by atoms with van der Waals surface area (Å²) in [7, 11) is 0. The summed E-state index contributed by atoms with van der Waals surface area (Å²) in [6.07, 6.45) is 6.95. The van der Waals surface area contributed by atoms with E-state index in [0.717, 1.165) is 17.9 Å². The van der Waals surface area contributed by atoms with Gasteiger partial charge in [0.05, 0.1) is 0 Å². The molecule has 3 atom stereocenters. The van der Waals surface area contributed by atoms with E-state index in [9.17, 15) is 0 Å². The van der Waals surface area contributed by atoms with Crippen LogP contribution in [0.4, 0.5) is 5.82 Å². The molecule has 114 valence electrons. The molecule has 0 unspecified atom stereocenters. The maximum atomic E-state index is 4.97. The molecule has 1 aromatic carbocycles.